The monoisotopic (exact) mass is 208 g/mol. The SMILES string of the molecule is Cc1ccc(Cn2cnnc2Cl)cn1. The van der Waals surface area contributed by atoms with Crippen molar-refractivity contribution >= 4 is 11.6 Å². The van der Waals surface area contributed by atoms with Crippen LogP contribution in [0.5, 0.6) is 0 Å². The van der Waals surface area contributed by atoms with E-state index in [1.54, 1.807) is 10.9 Å². The third-order valence-corrected chi connectivity index (χ3v) is 2.19. The summed E-state index contributed by atoms with van der Waals surface area (Å²) < 4.78 is 1.76. The molecule has 2 rings (SSSR count). The molecular formula is C9H9ClN4. The Labute approximate surface area is 86.6 Å². The molecule has 2 heterocycles. The molecule has 0 aliphatic heterocycles. The van der Waals surface area contributed by atoms with Gasteiger partial charge in [-0.2, -0.15) is 0 Å². The lowest BCUT2D eigenvalue weighted by atomic mass is 10.2. The van der Waals surface area contributed by atoms with Crippen molar-refractivity contribution in [1.82, 2.24) is 19.7 Å². The average Bonchev–Trinajstić information content (AvgIpc) is 2.56. The summed E-state index contributed by atoms with van der Waals surface area (Å²) >= 11 is 5.79. The van der Waals surface area contributed by atoms with E-state index in [2.05, 4.69) is 15.2 Å². The fourth-order valence-corrected chi connectivity index (χ4v) is 1.28. The van der Waals surface area contributed by atoms with E-state index in [4.69, 9.17) is 11.6 Å². The van der Waals surface area contributed by atoms with E-state index in [1.165, 1.54) is 0 Å². The normalized spacial score (nSPS) is 10.4. The fourth-order valence-electron chi connectivity index (χ4n) is 1.14. The molecule has 0 spiro atoms. The molecule has 2 aromatic heterocycles. The molecule has 0 saturated carbocycles. The number of hydrogen-bond donors (Lipinski definition) is 0. The van der Waals surface area contributed by atoms with Crippen molar-refractivity contribution in [2.24, 2.45) is 0 Å². The first-order chi connectivity index (χ1) is 6.75. The number of nitrogens with zero attached hydrogens (tertiary/aromatic N) is 4. The molecule has 0 unspecified atom stereocenters. The number of aryl methyl sites for hydroxylation is 1. The van der Waals surface area contributed by atoms with Gasteiger partial charge in [0.25, 0.3) is 0 Å². The van der Waals surface area contributed by atoms with Crippen molar-refractivity contribution in [3.05, 3.63) is 41.2 Å². The Morgan fingerprint density at radius 2 is 2.29 bits per heavy atom. The summed E-state index contributed by atoms with van der Waals surface area (Å²) in [6, 6.07) is 3.98. The lowest BCUT2D eigenvalue weighted by molar-refractivity contribution is 0.790. The van der Waals surface area contributed by atoms with Crippen LogP contribution < -0.4 is 0 Å². The molecule has 14 heavy (non-hydrogen) atoms. The molecule has 4 nitrogen and oxygen atoms in total. The van der Waals surface area contributed by atoms with E-state index in [1.807, 2.05) is 25.3 Å². The zero-order valence-electron chi connectivity index (χ0n) is 7.68. The van der Waals surface area contributed by atoms with Crippen molar-refractivity contribution in [1.29, 1.82) is 0 Å². The summed E-state index contributed by atoms with van der Waals surface area (Å²) in [7, 11) is 0. The van der Waals surface area contributed by atoms with Crippen molar-refractivity contribution in [3.8, 4) is 0 Å². The minimum atomic E-state index is 0.394. The highest BCUT2D eigenvalue weighted by atomic mass is 35.5. The Hall–Kier alpha value is -1.42. The molecule has 0 aromatic carbocycles. The van der Waals surface area contributed by atoms with Gasteiger partial charge in [0.05, 0.1) is 6.54 Å². The minimum Gasteiger partial charge on any atom is -0.300 e. The van der Waals surface area contributed by atoms with Crippen LogP contribution in [0.25, 0.3) is 0 Å². The zero-order valence-corrected chi connectivity index (χ0v) is 8.44. The smallest absolute Gasteiger partial charge is 0.225 e. The van der Waals surface area contributed by atoms with E-state index in [0.29, 0.717) is 11.8 Å². The molecule has 5 heteroatoms. The number of hydrogen-bond acceptors (Lipinski definition) is 3. The van der Waals surface area contributed by atoms with E-state index < -0.39 is 0 Å². The Morgan fingerprint density at radius 3 is 2.86 bits per heavy atom. The summed E-state index contributed by atoms with van der Waals surface area (Å²) in [6.07, 6.45) is 3.42. The number of rotatable bonds is 2. The van der Waals surface area contributed by atoms with Gasteiger partial charge in [0.15, 0.2) is 0 Å². The summed E-state index contributed by atoms with van der Waals surface area (Å²) in [4.78, 5) is 4.19. The van der Waals surface area contributed by atoms with Gasteiger partial charge in [-0.1, -0.05) is 6.07 Å². The molecule has 0 N–H and O–H groups in total. The molecule has 0 radical (unpaired) electrons. The summed E-state index contributed by atoms with van der Waals surface area (Å²) in [5.41, 5.74) is 2.08. The van der Waals surface area contributed by atoms with Crippen molar-refractivity contribution in [2.45, 2.75) is 13.5 Å². The van der Waals surface area contributed by atoms with Crippen LogP contribution in [0.1, 0.15) is 11.3 Å². The Balaban J connectivity index is 2.19. The highest BCUT2D eigenvalue weighted by molar-refractivity contribution is 6.28. The van der Waals surface area contributed by atoms with Crippen LogP contribution in [0, 0.1) is 6.92 Å². The molecule has 0 atom stereocenters. The Morgan fingerprint density at radius 1 is 1.43 bits per heavy atom. The summed E-state index contributed by atoms with van der Waals surface area (Å²) in [5.74, 6) is 0. The molecule has 0 bridgehead atoms. The van der Waals surface area contributed by atoms with Crippen molar-refractivity contribution < 1.29 is 0 Å². The molecule has 0 saturated heterocycles. The van der Waals surface area contributed by atoms with Gasteiger partial charge in [0, 0.05) is 11.9 Å². The van der Waals surface area contributed by atoms with Crippen LogP contribution in [0.2, 0.25) is 5.28 Å². The topological polar surface area (TPSA) is 43.6 Å². The maximum absolute atomic E-state index is 5.79. The Bertz CT molecular complexity index is 421. The molecule has 0 amide bonds. The van der Waals surface area contributed by atoms with Crippen LogP contribution in [0.3, 0.4) is 0 Å². The first-order valence-electron chi connectivity index (χ1n) is 4.20. The zero-order chi connectivity index (χ0) is 9.97. The predicted molar refractivity (Wildman–Crippen MR) is 53.1 cm³/mol. The molecule has 72 valence electrons. The van der Waals surface area contributed by atoms with Gasteiger partial charge in [0.2, 0.25) is 5.28 Å². The first kappa shape index (κ1) is 9.15. The average molecular weight is 209 g/mol. The van der Waals surface area contributed by atoms with Crippen LogP contribution in [-0.4, -0.2) is 19.7 Å². The van der Waals surface area contributed by atoms with E-state index >= 15 is 0 Å². The number of aromatic nitrogens is 4. The second kappa shape index (κ2) is 3.75. The third-order valence-electron chi connectivity index (χ3n) is 1.89. The quantitative estimate of drug-likeness (QED) is 0.754. The summed E-state index contributed by atoms with van der Waals surface area (Å²) in [6.45, 7) is 2.61. The van der Waals surface area contributed by atoms with E-state index in [-0.39, 0.29) is 0 Å². The second-order valence-corrected chi connectivity index (χ2v) is 3.37. The van der Waals surface area contributed by atoms with Gasteiger partial charge in [-0.25, -0.2) is 0 Å². The van der Waals surface area contributed by atoms with Crippen LogP contribution in [-0.2, 0) is 6.54 Å². The third kappa shape index (κ3) is 1.90. The van der Waals surface area contributed by atoms with Gasteiger partial charge in [-0.15, -0.1) is 10.2 Å². The van der Waals surface area contributed by atoms with Gasteiger partial charge >= 0.3 is 0 Å². The standard InChI is InChI=1S/C9H9ClN4/c1-7-2-3-8(4-11-7)5-14-6-12-13-9(14)10/h2-4,6H,5H2,1H3. The van der Waals surface area contributed by atoms with Crippen LogP contribution >= 0.6 is 11.6 Å². The number of pyridine rings is 1. The fraction of sp³-hybridized carbons (Fsp3) is 0.222. The maximum Gasteiger partial charge on any atom is 0.225 e. The maximum atomic E-state index is 5.79. The van der Waals surface area contributed by atoms with Gasteiger partial charge in [0.1, 0.15) is 6.33 Å². The highest BCUT2D eigenvalue weighted by Crippen LogP contribution is 2.07. The second-order valence-electron chi connectivity index (χ2n) is 3.04. The highest BCUT2D eigenvalue weighted by Gasteiger charge is 2.01. The first-order valence-corrected chi connectivity index (χ1v) is 4.58. The van der Waals surface area contributed by atoms with Gasteiger partial charge < -0.3 is 0 Å². The van der Waals surface area contributed by atoms with E-state index in [9.17, 15) is 0 Å². The number of halogens is 1. The molecule has 0 fully saturated rings. The molecule has 2 aromatic rings. The largest absolute Gasteiger partial charge is 0.300 e. The van der Waals surface area contributed by atoms with Crippen LogP contribution in [0.4, 0.5) is 0 Å². The van der Waals surface area contributed by atoms with Gasteiger partial charge in [-0.3, -0.25) is 9.55 Å². The lowest BCUT2D eigenvalue weighted by Gasteiger charge is -2.02. The van der Waals surface area contributed by atoms with Gasteiger partial charge in [-0.05, 0) is 30.2 Å². The predicted octanol–water partition coefficient (Wildman–Crippen LogP) is 1.68. The molecule has 0 aliphatic carbocycles. The summed E-state index contributed by atoms with van der Waals surface area (Å²) in [5, 5.41) is 7.78. The molecule has 0 aliphatic rings. The van der Waals surface area contributed by atoms with Crippen molar-refractivity contribution in [2.75, 3.05) is 0 Å². The lowest BCUT2D eigenvalue weighted by Crippen LogP contribution is -1.99. The minimum absolute atomic E-state index is 0.394. The van der Waals surface area contributed by atoms with Crippen molar-refractivity contribution in [3.63, 3.8) is 0 Å². The van der Waals surface area contributed by atoms with E-state index in [0.717, 1.165) is 11.3 Å². The molecular weight excluding hydrogens is 200 g/mol. The van der Waals surface area contributed by atoms with Crippen LogP contribution in [0.15, 0.2) is 24.7 Å². The Kier molecular flexibility index (Phi) is 2.45.